The summed E-state index contributed by atoms with van der Waals surface area (Å²) in [5.41, 5.74) is 4.09. The third-order valence-electron chi connectivity index (χ3n) is 3.78. The number of alkyl halides is 2. The van der Waals surface area contributed by atoms with Gasteiger partial charge in [0.1, 0.15) is 5.76 Å². The van der Waals surface area contributed by atoms with E-state index >= 15 is 0 Å². The van der Waals surface area contributed by atoms with E-state index in [4.69, 9.17) is 4.74 Å². The van der Waals surface area contributed by atoms with Gasteiger partial charge in [-0.25, -0.2) is 0 Å². The number of benzene rings is 2. The summed E-state index contributed by atoms with van der Waals surface area (Å²) in [7, 11) is 3.01. The Morgan fingerprint density at radius 3 is 1.94 bits per heavy atom. The fraction of sp³-hybridized carbons (Fsp3) is 0.333. The molecule has 3 nitrogen and oxygen atoms in total. The molecule has 33 heavy (non-hydrogen) atoms. The quantitative estimate of drug-likeness (QED) is 0.181. The van der Waals surface area contributed by atoms with Crippen LogP contribution >= 0.6 is 0 Å². The molecule has 6 heteroatoms. The van der Waals surface area contributed by atoms with E-state index in [0.717, 1.165) is 17.6 Å². The van der Waals surface area contributed by atoms with E-state index in [-0.39, 0.29) is 24.3 Å². The Morgan fingerprint density at radius 1 is 1.09 bits per heavy atom. The molecule has 0 N–H and O–H groups in total. The average Bonchev–Trinajstić information content (AvgIpc) is 2.84. The van der Waals surface area contributed by atoms with E-state index in [1.807, 2.05) is 71.0 Å². The molecule has 0 bridgehead atoms. The molecule has 0 spiro atoms. The van der Waals surface area contributed by atoms with Gasteiger partial charge in [0.25, 0.3) is 5.90 Å². The monoisotopic (exact) mass is 494 g/mol. The van der Waals surface area contributed by atoms with Crippen molar-refractivity contribution < 1.29 is 32.1 Å². The fourth-order valence-electron chi connectivity index (χ4n) is 1.96. The first-order valence-electron chi connectivity index (χ1n) is 10.5. The Morgan fingerprint density at radius 2 is 1.64 bits per heavy atom. The predicted octanol–water partition coefficient (Wildman–Crippen LogP) is 7.78. The molecule has 2 aromatic carbocycles. The molecule has 0 amide bonds. The summed E-state index contributed by atoms with van der Waals surface area (Å²) >= 11 is 0. The van der Waals surface area contributed by atoms with Crippen LogP contribution in [0.1, 0.15) is 51.3 Å². The van der Waals surface area contributed by atoms with Crippen molar-refractivity contribution in [1.29, 1.82) is 0 Å². The van der Waals surface area contributed by atoms with E-state index in [1.54, 1.807) is 25.4 Å². The van der Waals surface area contributed by atoms with E-state index in [2.05, 4.69) is 29.2 Å². The minimum atomic E-state index is -2.73. The molecule has 0 heterocycles. The topological polar surface area (TPSA) is 34.0 Å². The van der Waals surface area contributed by atoms with Gasteiger partial charge in [-0.3, -0.25) is 4.99 Å². The zero-order chi connectivity index (χ0) is 24.9. The van der Waals surface area contributed by atoms with Crippen molar-refractivity contribution in [3.63, 3.8) is 0 Å². The predicted molar refractivity (Wildman–Crippen MR) is 137 cm³/mol. The van der Waals surface area contributed by atoms with Gasteiger partial charge in [0.15, 0.2) is 0 Å². The van der Waals surface area contributed by atoms with Crippen LogP contribution < -0.4 is 0 Å². The van der Waals surface area contributed by atoms with Gasteiger partial charge in [-0.2, -0.15) is 39.1 Å². The molecule has 0 saturated carbocycles. The van der Waals surface area contributed by atoms with Crippen LogP contribution in [-0.4, -0.2) is 32.6 Å². The van der Waals surface area contributed by atoms with Gasteiger partial charge in [0.05, 0.1) is 0 Å². The Kier molecular flexibility index (Phi) is 24.1. The van der Waals surface area contributed by atoms with Crippen molar-refractivity contribution in [2.45, 2.75) is 47.5 Å². The fourth-order valence-corrected chi connectivity index (χ4v) is 1.96. The summed E-state index contributed by atoms with van der Waals surface area (Å²) in [6.45, 7) is 17.3. The van der Waals surface area contributed by atoms with E-state index in [1.165, 1.54) is 12.6 Å². The number of rotatable bonds is 5. The molecule has 2 aromatic rings. The van der Waals surface area contributed by atoms with Gasteiger partial charge in [-0.15, -0.1) is 17.7 Å². The number of halogens is 2. The van der Waals surface area contributed by atoms with Crippen LogP contribution in [0.15, 0.2) is 71.7 Å². The van der Waals surface area contributed by atoms with Crippen LogP contribution in [-0.2, 0) is 29.7 Å². The van der Waals surface area contributed by atoms with E-state index in [0.29, 0.717) is 5.56 Å². The number of nitrogens with zero attached hydrogens (tertiary/aromatic N) is 2. The molecule has 0 aliphatic heterocycles. The van der Waals surface area contributed by atoms with Crippen LogP contribution in [0, 0.1) is 6.07 Å². The number of hydrogen-bond donors (Lipinski definition) is 0. The standard InChI is InChI=1S/C13H15F2NO.C9H9.C3H7N.C2H6.V/c1-4-10-5-7-11(8-6-10)9(2)17-13(16-3)12(14)15;1-8(2)9-6-4-3-5-7-9;1-3-4-2;1-2;/h5-8,12H,2,4H2,1,3H3;3-4,6-7H,1H2,2H3;3H,1-2H3;1-2H3;/q;-1;;;. The zero-order valence-electron chi connectivity index (χ0n) is 20.9. The van der Waals surface area contributed by atoms with Gasteiger partial charge in [0, 0.05) is 38.2 Å². The molecule has 0 aromatic heterocycles. The number of ether oxygens (including phenoxy) is 1. The molecular formula is C27H37F2N2OV-. The normalized spacial score (nSPS) is 9.82. The van der Waals surface area contributed by atoms with Gasteiger partial charge < -0.3 is 9.73 Å². The van der Waals surface area contributed by atoms with Crippen LogP contribution in [0.2, 0.25) is 0 Å². The zero-order valence-corrected chi connectivity index (χ0v) is 22.3. The van der Waals surface area contributed by atoms with Crippen molar-refractivity contribution >= 4 is 23.4 Å². The third-order valence-corrected chi connectivity index (χ3v) is 3.78. The first kappa shape index (κ1) is 35.1. The van der Waals surface area contributed by atoms with Crippen LogP contribution in [0.5, 0.6) is 0 Å². The third kappa shape index (κ3) is 16.7. The molecule has 0 aliphatic carbocycles. The number of allylic oxidation sites excluding steroid dienone is 1. The molecular weight excluding hydrogens is 457 g/mol. The Labute approximate surface area is 211 Å². The maximum absolute atomic E-state index is 12.4. The van der Waals surface area contributed by atoms with Crippen LogP contribution in [0.3, 0.4) is 0 Å². The van der Waals surface area contributed by atoms with Crippen molar-refractivity contribution in [3.05, 3.63) is 84.4 Å². The van der Waals surface area contributed by atoms with Crippen LogP contribution in [0.4, 0.5) is 8.78 Å². The van der Waals surface area contributed by atoms with E-state index in [9.17, 15) is 8.78 Å². The van der Waals surface area contributed by atoms with Crippen LogP contribution in [0.25, 0.3) is 11.3 Å². The number of aliphatic imine (C=N–C) groups is 2. The first-order chi connectivity index (χ1) is 15.3. The summed E-state index contributed by atoms with van der Waals surface area (Å²) < 4.78 is 29.7. The molecule has 0 aliphatic rings. The van der Waals surface area contributed by atoms with Gasteiger partial charge in [-0.05, 0) is 25.1 Å². The molecule has 0 unspecified atom stereocenters. The Balaban J connectivity index is -0.000000472. The number of hydrogen-bond acceptors (Lipinski definition) is 3. The maximum atomic E-state index is 12.4. The second-order valence-corrected chi connectivity index (χ2v) is 6.03. The summed E-state index contributed by atoms with van der Waals surface area (Å²) in [4.78, 5) is 6.98. The Hall–Kier alpha value is -2.50. The molecule has 181 valence electrons. The SMILES string of the molecule is C=C(C)c1c[c-]ccc1.C=C(OC(=NC)C(F)F)c1ccc(CC)cc1.CC.CC=NC.[V]. The minimum Gasteiger partial charge on any atom is -0.438 e. The largest absolute Gasteiger partial charge is 0.438 e. The van der Waals surface area contributed by atoms with Gasteiger partial charge in [-0.1, -0.05) is 58.5 Å². The van der Waals surface area contributed by atoms with Crippen molar-refractivity contribution in [2.24, 2.45) is 9.98 Å². The molecule has 1 radical (unpaired) electrons. The molecule has 2 rings (SSSR count). The molecule has 0 atom stereocenters. The van der Waals surface area contributed by atoms with Crippen molar-refractivity contribution in [1.82, 2.24) is 0 Å². The smallest absolute Gasteiger partial charge is 0.312 e. The average molecular weight is 495 g/mol. The van der Waals surface area contributed by atoms with Crippen molar-refractivity contribution in [2.75, 3.05) is 14.1 Å². The molecule has 0 saturated heterocycles. The minimum absolute atomic E-state index is 0. The maximum Gasteiger partial charge on any atom is 0.312 e. The summed E-state index contributed by atoms with van der Waals surface area (Å²) in [6, 6.07) is 18.2. The van der Waals surface area contributed by atoms with Gasteiger partial charge in [0.2, 0.25) is 0 Å². The number of aryl methyl sites for hydroxylation is 1. The summed E-state index contributed by atoms with van der Waals surface area (Å²) in [5.74, 6) is -0.442. The van der Waals surface area contributed by atoms with Crippen molar-refractivity contribution in [3.8, 4) is 0 Å². The second-order valence-electron chi connectivity index (χ2n) is 6.03. The Bertz CT molecular complexity index is 814. The van der Waals surface area contributed by atoms with Gasteiger partial charge >= 0.3 is 6.43 Å². The first-order valence-corrected chi connectivity index (χ1v) is 10.5. The second kappa shape index (κ2) is 22.7. The summed E-state index contributed by atoms with van der Waals surface area (Å²) in [5, 5.41) is 0. The van der Waals surface area contributed by atoms with E-state index < -0.39 is 12.3 Å². The molecule has 0 fully saturated rings. The summed E-state index contributed by atoms with van der Waals surface area (Å²) in [6.07, 6.45) is -0.0570.